The van der Waals surface area contributed by atoms with E-state index in [-0.39, 0.29) is 0 Å². The highest BCUT2D eigenvalue weighted by molar-refractivity contribution is 7.99. The number of rotatable bonds is 7. The fraction of sp³-hybridized carbons (Fsp3) is 0.286. The standard InChI is InChI=1S/C14H17N3OS/c1-18-10-9-15-11-12-5-2-3-6-13(12)19-14-16-7-4-8-17-14/h2-8,15H,9-11H2,1H3. The van der Waals surface area contributed by atoms with E-state index in [4.69, 9.17) is 4.74 Å². The minimum absolute atomic E-state index is 0.719. The van der Waals surface area contributed by atoms with Gasteiger partial charge in [0.25, 0.3) is 0 Å². The van der Waals surface area contributed by atoms with Crippen LogP contribution in [0.1, 0.15) is 5.56 Å². The van der Waals surface area contributed by atoms with Crippen LogP contribution in [0.4, 0.5) is 0 Å². The highest BCUT2D eigenvalue weighted by Gasteiger charge is 2.05. The Morgan fingerprint density at radius 1 is 1.16 bits per heavy atom. The summed E-state index contributed by atoms with van der Waals surface area (Å²) in [5, 5.41) is 4.12. The van der Waals surface area contributed by atoms with Gasteiger partial charge in [-0.3, -0.25) is 0 Å². The van der Waals surface area contributed by atoms with Crippen LogP contribution >= 0.6 is 11.8 Å². The normalized spacial score (nSPS) is 10.6. The lowest BCUT2D eigenvalue weighted by Crippen LogP contribution is -2.18. The van der Waals surface area contributed by atoms with Crippen LogP contribution in [-0.4, -0.2) is 30.2 Å². The molecule has 0 saturated heterocycles. The molecule has 0 bridgehead atoms. The summed E-state index contributed by atoms with van der Waals surface area (Å²) in [6.07, 6.45) is 3.52. The van der Waals surface area contributed by atoms with Gasteiger partial charge < -0.3 is 10.1 Å². The minimum atomic E-state index is 0.719. The molecule has 100 valence electrons. The molecule has 4 nitrogen and oxygen atoms in total. The summed E-state index contributed by atoms with van der Waals surface area (Å²) in [4.78, 5) is 9.65. The molecule has 0 radical (unpaired) electrons. The van der Waals surface area contributed by atoms with Crippen LogP contribution in [0.25, 0.3) is 0 Å². The molecule has 0 aliphatic carbocycles. The fourth-order valence-corrected chi connectivity index (χ4v) is 2.42. The van der Waals surface area contributed by atoms with Gasteiger partial charge in [0.2, 0.25) is 0 Å². The third kappa shape index (κ3) is 4.63. The van der Waals surface area contributed by atoms with Crippen molar-refractivity contribution in [3.05, 3.63) is 48.3 Å². The van der Waals surface area contributed by atoms with Crippen LogP contribution < -0.4 is 5.32 Å². The lowest BCUT2D eigenvalue weighted by atomic mass is 10.2. The summed E-state index contributed by atoms with van der Waals surface area (Å²) in [5.74, 6) is 0. The molecule has 0 aliphatic rings. The first kappa shape index (κ1) is 14.0. The second-order valence-electron chi connectivity index (χ2n) is 3.91. The minimum Gasteiger partial charge on any atom is -0.383 e. The molecule has 1 aromatic carbocycles. The molecule has 19 heavy (non-hydrogen) atoms. The molecule has 0 saturated carbocycles. The van der Waals surface area contributed by atoms with Gasteiger partial charge in [-0.25, -0.2) is 9.97 Å². The van der Waals surface area contributed by atoms with E-state index in [0.717, 1.165) is 24.9 Å². The summed E-state index contributed by atoms with van der Waals surface area (Å²) in [5.41, 5.74) is 1.25. The summed E-state index contributed by atoms with van der Waals surface area (Å²) >= 11 is 1.58. The number of methoxy groups -OCH3 is 1. The van der Waals surface area contributed by atoms with E-state index in [1.807, 2.05) is 18.2 Å². The molecule has 0 atom stereocenters. The van der Waals surface area contributed by atoms with E-state index < -0.39 is 0 Å². The molecular weight excluding hydrogens is 258 g/mol. The molecule has 0 fully saturated rings. The van der Waals surface area contributed by atoms with Crippen LogP contribution in [0, 0.1) is 0 Å². The maximum Gasteiger partial charge on any atom is 0.192 e. The van der Waals surface area contributed by atoms with Gasteiger partial charge in [0.15, 0.2) is 5.16 Å². The zero-order chi connectivity index (χ0) is 13.3. The van der Waals surface area contributed by atoms with Crippen molar-refractivity contribution in [1.82, 2.24) is 15.3 Å². The van der Waals surface area contributed by atoms with Crippen molar-refractivity contribution in [2.24, 2.45) is 0 Å². The molecule has 0 amide bonds. The van der Waals surface area contributed by atoms with Crippen LogP contribution in [0.15, 0.2) is 52.8 Å². The zero-order valence-corrected chi connectivity index (χ0v) is 11.7. The number of aromatic nitrogens is 2. The third-order valence-corrected chi connectivity index (χ3v) is 3.53. The molecule has 0 unspecified atom stereocenters. The molecule has 2 rings (SSSR count). The Morgan fingerprint density at radius 2 is 1.95 bits per heavy atom. The second kappa shape index (κ2) is 7.89. The smallest absolute Gasteiger partial charge is 0.192 e. The maximum atomic E-state index is 5.02. The Hall–Kier alpha value is -1.43. The van der Waals surface area contributed by atoms with Crippen LogP contribution in [0.5, 0.6) is 0 Å². The van der Waals surface area contributed by atoms with Gasteiger partial charge in [0.05, 0.1) is 6.61 Å². The summed E-state index contributed by atoms with van der Waals surface area (Å²) < 4.78 is 5.02. The molecule has 1 heterocycles. The molecule has 5 heteroatoms. The van der Waals surface area contributed by atoms with Crippen LogP contribution in [0.2, 0.25) is 0 Å². The van der Waals surface area contributed by atoms with Gasteiger partial charge in [0.1, 0.15) is 0 Å². The summed E-state index contributed by atoms with van der Waals surface area (Å²) in [7, 11) is 1.71. The van der Waals surface area contributed by atoms with E-state index in [9.17, 15) is 0 Å². The lowest BCUT2D eigenvalue weighted by molar-refractivity contribution is 0.199. The SMILES string of the molecule is COCCNCc1ccccc1Sc1ncccn1. The van der Waals surface area contributed by atoms with Gasteiger partial charge in [-0.05, 0) is 29.5 Å². The van der Waals surface area contributed by atoms with Gasteiger partial charge >= 0.3 is 0 Å². The van der Waals surface area contributed by atoms with Crippen molar-refractivity contribution in [1.29, 1.82) is 0 Å². The van der Waals surface area contributed by atoms with Crippen LogP contribution in [0.3, 0.4) is 0 Å². The number of benzene rings is 1. The number of hydrogen-bond donors (Lipinski definition) is 1. The van der Waals surface area contributed by atoms with E-state index in [1.165, 1.54) is 10.5 Å². The first-order chi connectivity index (χ1) is 9.40. The Balaban J connectivity index is 2.00. The lowest BCUT2D eigenvalue weighted by Gasteiger charge is -2.09. The van der Waals surface area contributed by atoms with Crippen molar-refractivity contribution in [2.45, 2.75) is 16.6 Å². The third-order valence-electron chi connectivity index (χ3n) is 2.51. The topological polar surface area (TPSA) is 47.0 Å². The first-order valence-corrected chi connectivity index (χ1v) is 6.94. The Bertz CT molecular complexity index is 493. The Labute approximate surface area is 117 Å². The second-order valence-corrected chi connectivity index (χ2v) is 4.92. The number of nitrogens with one attached hydrogen (secondary N) is 1. The molecule has 1 aromatic heterocycles. The maximum absolute atomic E-state index is 5.02. The van der Waals surface area contributed by atoms with E-state index in [1.54, 1.807) is 31.3 Å². The van der Waals surface area contributed by atoms with Crippen LogP contribution in [-0.2, 0) is 11.3 Å². The Morgan fingerprint density at radius 3 is 2.74 bits per heavy atom. The molecular formula is C14H17N3OS. The highest BCUT2D eigenvalue weighted by Crippen LogP contribution is 2.27. The molecule has 1 N–H and O–H groups in total. The molecule has 0 spiro atoms. The average molecular weight is 275 g/mol. The summed E-state index contributed by atoms with van der Waals surface area (Å²) in [6, 6.07) is 10.1. The predicted octanol–water partition coefficient (Wildman–Crippen LogP) is 2.36. The number of ether oxygens (including phenoxy) is 1. The molecule has 2 aromatic rings. The van der Waals surface area contributed by atoms with Gasteiger partial charge in [0, 0.05) is 37.5 Å². The van der Waals surface area contributed by atoms with Gasteiger partial charge in [-0.1, -0.05) is 18.2 Å². The fourth-order valence-electron chi connectivity index (χ4n) is 1.58. The quantitative estimate of drug-likeness (QED) is 0.621. The van der Waals surface area contributed by atoms with Crippen molar-refractivity contribution < 1.29 is 4.74 Å². The first-order valence-electron chi connectivity index (χ1n) is 6.12. The average Bonchev–Trinajstić information content (AvgIpc) is 2.46. The van der Waals surface area contributed by atoms with Crippen molar-refractivity contribution in [3.63, 3.8) is 0 Å². The van der Waals surface area contributed by atoms with Gasteiger partial charge in [-0.2, -0.15) is 0 Å². The number of nitrogens with zero attached hydrogens (tertiary/aromatic N) is 2. The van der Waals surface area contributed by atoms with Gasteiger partial charge in [-0.15, -0.1) is 0 Å². The van der Waals surface area contributed by atoms with Crippen molar-refractivity contribution in [2.75, 3.05) is 20.3 Å². The summed E-state index contributed by atoms with van der Waals surface area (Å²) in [6.45, 7) is 2.38. The number of hydrogen-bond acceptors (Lipinski definition) is 5. The molecule has 0 aliphatic heterocycles. The largest absolute Gasteiger partial charge is 0.383 e. The monoisotopic (exact) mass is 275 g/mol. The van der Waals surface area contributed by atoms with E-state index in [0.29, 0.717) is 0 Å². The van der Waals surface area contributed by atoms with Crippen molar-refractivity contribution in [3.8, 4) is 0 Å². The van der Waals surface area contributed by atoms with E-state index in [2.05, 4.69) is 27.4 Å². The zero-order valence-electron chi connectivity index (χ0n) is 10.9. The Kier molecular flexibility index (Phi) is 5.81. The van der Waals surface area contributed by atoms with E-state index >= 15 is 0 Å². The predicted molar refractivity (Wildman–Crippen MR) is 76.2 cm³/mol. The highest BCUT2D eigenvalue weighted by atomic mass is 32.2. The van der Waals surface area contributed by atoms with Crippen molar-refractivity contribution >= 4 is 11.8 Å².